The van der Waals surface area contributed by atoms with Crippen LogP contribution in [-0.2, 0) is 14.3 Å². The lowest BCUT2D eigenvalue weighted by atomic mass is 9.48. The Balaban J connectivity index is 0.00000117. The van der Waals surface area contributed by atoms with Crippen LogP contribution in [0.4, 0.5) is 0 Å². The van der Waals surface area contributed by atoms with E-state index in [2.05, 4.69) is 26.0 Å². The molecule has 0 aliphatic heterocycles. The molecule has 0 aromatic heterocycles. The molecule has 0 bridgehead atoms. The number of carbonyl (C=O) groups excluding carboxylic acids is 1. The van der Waals surface area contributed by atoms with Crippen molar-refractivity contribution in [3.8, 4) is 0 Å². The Morgan fingerprint density at radius 2 is 1.90 bits per heavy atom. The van der Waals surface area contributed by atoms with Gasteiger partial charge in [-0.25, -0.2) is 0 Å². The molecule has 7 unspecified atom stereocenters. The number of fused-ring (bicyclic) bond motifs is 5. The Kier molecular flexibility index (Phi) is 7.10. The van der Waals surface area contributed by atoms with Crippen LogP contribution in [0, 0.1) is 34.5 Å². The summed E-state index contributed by atoms with van der Waals surface area (Å²) in [6.07, 6.45) is 14.6. The van der Waals surface area contributed by atoms with Crippen molar-refractivity contribution >= 4 is 5.78 Å². The van der Waals surface area contributed by atoms with Gasteiger partial charge in [0.15, 0.2) is 12.1 Å². The first-order chi connectivity index (χ1) is 13.9. The van der Waals surface area contributed by atoms with Crippen molar-refractivity contribution in [2.24, 2.45) is 34.5 Å². The Morgan fingerprint density at radius 3 is 2.59 bits per heavy atom. The summed E-state index contributed by atoms with van der Waals surface area (Å²) in [5, 5.41) is 0. The third-order valence-corrected chi connectivity index (χ3v) is 8.80. The lowest BCUT2D eigenvalue weighted by molar-refractivity contribution is -0.141. The Morgan fingerprint density at radius 1 is 1.14 bits per heavy atom. The SMILES string of the molecule is CC.CCOC(CC1CCC2C3C=CC4=CC(=O)CCC4(C)C3CCC12C)OC. The third-order valence-electron chi connectivity index (χ3n) is 8.80. The number of hydrogen-bond acceptors (Lipinski definition) is 3. The van der Waals surface area contributed by atoms with Gasteiger partial charge >= 0.3 is 0 Å². The second-order valence-electron chi connectivity index (χ2n) is 9.81. The fourth-order valence-electron chi connectivity index (χ4n) is 7.14. The summed E-state index contributed by atoms with van der Waals surface area (Å²) in [6.45, 7) is 11.7. The number of carbonyl (C=O) groups is 1. The van der Waals surface area contributed by atoms with Gasteiger partial charge in [0.1, 0.15) is 0 Å². The molecule has 0 aromatic rings. The zero-order valence-corrected chi connectivity index (χ0v) is 19.5. The molecular weight excluding hydrogens is 360 g/mol. The Labute approximate surface area is 178 Å². The number of ketones is 1. The molecule has 3 heteroatoms. The third kappa shape index (κ3) is 3.90. The van der Waals surface area contributed by atoms with Crippen LogP contribution in [0.1, 0.15) is 79.6 Å². The van der Waals surface area contributed by atoms with E-state index in [1.165, 1.54) is 31.3 Å². The van der Waals surface area contributed by atoms with E-state index in [-0.39, 0.29) is 11.7 Å². The van der Waals surface area contributed by atoms with Crippen LogP contribution < -0.4 is 0 Å². The molecule has 0 radical (unpaired) electrons. The minimum Gasteiger partial charge on any atom is -0.356 e. The quantitative estimate of drug-likeness (QED) is 0.504. The number of hydrogen-bond donors (Lipinski definition) is 0. The lowest BCUT2D eigenvalue weighted by Crippen LogP contribution is -2.49. The highest BCUT2D eigenvalue weighted by Gasteiger charge is 2.57. The maximum atomic E-state index is 11.9. The van der Waals surface area contributed by atoms with Crippen LogP contribution in [0.5, 0.6) is 0 Å². The van der Waals surface area contributed by atoms with Crippen LogP contribution in [0.3, 0.4) is 0 Å². The number of rotatable bonds is 5. The molecule has 0 amide bonds. The lowest BCUT2D eigenvalue weighted by Gasteiger charge is -2.56. The minimum absolute atomic E-state index is 0.0633. The minimum atomic E-state index is -0.0633. The van der Waals surface area contributed by atoms with Gasteiger partial charge in [0, 0.05) is 26.6 Å². The van der Waals surface area contributed by atoms with E-state index in [1.54, 1.807) is 7.11 Å². The normalized spacial score (nSPS) is 41.4. The summed E-state index contributed by atoms with van der Waals surface area (Å²) in [7, 11) is 1.77. The largest absolute Gasteiger partial charge is 0.356 e. The van der Waals surface area contributed by atoms with Crippen molar-refractivity contribution in [1.82, 2.24) is 0 Å². The molecule has 29 heavy (non-hydrogen) atoms. The van der Waals surface area contributed by atoms with Crippen LogP contribution >= 0.6 is 0 Å². The zero-order valence-electron chi connectivity index (χ0n) is 19.5. The van der Waals surface area contributed by atoms with Gasteiger partial charge in [0.25, 0.3) is 0 Å². The zero-order chi connectivity index (χ0) is 21.2. The smallest absolute Gasteiger partial charge is 0.157 e. The van der Waals surface area contributed by atoms with E-state index in [0.29, 0.717) is 35.6 Å². The van der Waals surface area contributed by atoms with Gasteiger partial charge in [-0.2, -0.15) is 0 Å². The van der Waals surface area contributed by atoms with Crippen molar-refractivity contribution in [2.45, 2.75) is 85.9 Å². The average molecular weight is 403 g/mol. The number of allylic oxidation sites excluding steroid dienone is 4. The molecule has 0 saturated heterocycles. The molecule has 2 saturated carbocycles. The van der Waals surface area contributed by atoms with Crippen LogP contribution in [0.15, 0.2) is 23.8 Å². The predicted molar refractivity (Wildman–Crippen MR) is 118 cm³/mol. The van der Waals surface area contributed by atoms with Gasteiger partial charge in [0.2, 0.25) is 0 Å². The van der Waals surface area contributed by atoms with Crippen LogP contribution in [-0.4, -0.2) is 25.8 Å². The standard InChI is InChI=1S/C24H36O3.C2H6/c1-5-27-22(26-4)15-17-7-9-20-19-8-6-16-14-18(25)10-12-23(16,2)21(19)11-13-24(17,20)3;1-2/h6,8,14,17,19-22H,5,7,9-13,15H2,1-4H3;1-2H3. The highest BCUT2D eigenvalue weighted by atomic mass is 16.7. The van der Waals surface area contributed by atoms with E-state index in [0.717, 1.165) is 25.2 Å². The van der Waals surface area contributed by atoms with Crippen molar-refractivity contribution < 1.29 is 14.3 Å². The molecule has 4 aliphatic carbocycles. The first-order valence-corrected chi connectivity index (χ1v) is 12.0. The van der Waals surface area contributed by atoms with Gasteiger partial charge in [0.05, 0.1) is 0 Å². The molecule has 4 aliphatic rings. The van der Waals surface area contributed by atoms with Crippen LogP contribution in [0.25, 0.3) is 0 Å². The fraction of sp³-hybridized carbons (Fsp3) is 0.808. The van der Waals surface area contributed by atoms with Gasteiger partial charge < -0.3 is 9.47 Å². The van der Waals surface area contributed by atoms with E-state index in [4.69, 9.17) is 9.47 Å². The highest BCUT2D eigenvalue weighted by Crippen LogP contribution is 2.65. The molecule has 0 aromatic carbocycles. The first-order valence-electron chi connectivity index (χ1n) is 12.0. The molecule has 4 rings (SSSR count). The maximum absolute atomic E-state index is 11.9. The average Bonchev–Trinajstić information content (AvgIpc) is 3.06. The molecule has 0 heterocycles. The monoisotopic (exact) mass is 402 g/mol. The van der Waals surface area contributed by atoms with Crippen molar-refractivity contribution in [3.05, 3.63) is 23.8 Å². The molecule has 164 valence electrons. The highest BCUT2D eigenvalue weighted by molar-refractivity contribution is 5.92. The van der Waals surface area contributed by atoms with E-state index < -0.39 is 0 Å². The van der Waals surface area contributed by atoms with Gasteiger partial charge in [-0.3, -0.25) is 4.79 Å². The van der Waals surface area contributed by atoms with E-state index in [9.17, 15) is 4.79 Å². The maximum Gasteiger partial charge on any atom is 0.157 e. The molecular formula is C26H42O3. The number of ether oxygens (including phenoxy) is 2. The summed E-state index contributed by atoms with van der Waals surface area (Å²) in [5.41, 5.74) is 1.89. The Hall–Kier alpha value is -0.930. The van der Waals surface area contributed by atoms with E-state index in [1.807, 2.05) is 26.8 Å². The summed E-state index contributed by atoms with van der Waals surface area (Å²) in [6, 6.07) is 0. The topological polar surface area (TPSA) is 35.5 Å². The van der Waals surface area contributed by atoms with Crippen molar-refractivity contribution in [3.63, 3.8) is 0 Å². The molecule has 2 fully saturated rings. The fourth-order valence-corrected chi connectivity index (χ4v) is 7.14. The molecule has 0 N–H and O–H groups in total. The summed E-state index contributed by atoms with van der Waals surface area (Å²) in [5.74, 6) is 3.12. The van der Waals surface area contributed by atoms with Crippen molar-refractivity contribution in [1.29, 1.82) is 0 Å². The first kappa shape index (κ1) is 22.7. The second-order valence-corrected chi connectivity index (χ2v) is 9.81. The van der Waals surface area contributed by atoms with Crippen LogP contribution in [0.2, 0.25) is 0 Å². The summed E-state index contributed by atoms with van der Waals surface area (Å²) >= 11 is 0. The van der Waals surface area contributed by atoms with Gasteiger partial charge in [-0.1, -0.05) is 39.8 Å². The Bertz CT molecular complexity index is 650. The second kappa shape index (κ2) is 9.06. The molecule has 7 atom stereocenters. The number of methoxy groups -OCH3 is 1. The van der Waals surface area contributed by atoms with Gasteiger partial charge in [-0.15, -0.1) is 0 Å². The molecule has 3 nitrogen and oxygen atoms in total. The summed E-state index contributed by atoms with van der Waals surface area (Å²) in [4.78, 5) is 11.9. The van der Waals surface area contributed by atoms with Gasteiger partial charge in [-0.05, 0) is 85.2 Å². The predicted octanol–water partition coefficient (Wildman–Crippen LogP) is 6.34. The van der Waals surface area contributed by atoms with E-state index >= 15 is 0 Å². The summed E-state index contributed by atoms with van der Waals surface area (Å²) < 4.78 is 11.4. The van der Waals surface area contributed by atoms with Crippen molar-refractivity contribution in [2.75, 3.05) is 13.7 Å². The molecule has 0 spiro atoms.